The molecule has 1 heterocycles. The number of nitrogens with one attached hydrogen (secondary N) is 2. The van der Waals surface area contributed by atoms with Gasteiger partial charge in [0.05, 0.1) is 0 Å². The molecule has 0 aromatic heterocycles. The van der Waals surface area contributed by atoms with E-state index in [2.05, 4.69) is 15.6 Å². The van der Waals surface area contributed by atoms with E-state index in [1.807, 2.05) is 13.8 Å². The zero-order chi connectivity index (χ0) is 12.1. The minimum atomic E-state index is -0.756. The SMILES string of the molecule is CCN(CC)C(=O)CN=C1NC(=O)C(=O)N1. The van der Waals surface area contributed by atoms with Crippen LogP contribution in [0.4, 0.5) is 0 Å². The monoisotopic (exact) mass is 226 g/mol. The van der Waals surface area contributed by atoms with E-state index in [-0.39, 0.29) is 18.4 Å². The minimum absolute atomic E-state index is 0.0375. The second-order valence-electron chi connectivity index (χ2n) is 3.14. The van der Waals surface area contributed by atoms with Crippen LogP contribution in [0.3, 0.4) is 0 Å². The van der Waals surface area contributed by atoms with Gasteiger partial charge >= 0.3 is 11.8 Å². The Morgan fingerprint density at radius 1 is 1.19 bits per heavy atom. The smallest absolute Gasteiger partial charge is 0.316 e. The Morgan fingerprint density at radius 2 is 1.69 bits per heavy atom. The summed E-state index contributed by atoms with van der Waals surface area (Å²) >= 11 is 0. The maximum Gasteiger partial charge on any atom is 0.316 e. The van der Waals surface area contributed by atoms with E-state index >= 15 is 0 Å². The first-order valence-corrected chi connectivity index (χ1v) is 5.03. The zero-order valence-corrected chi connectivity index (χ0v) is 9.24. The molecule has 16 heavy (non-hydrogen) atoms. The Hall–Kier alpha value is -1.92. The molecule has 1 fully saturated rings. The second-order valence-corrected chi connectivity index (χ2v) is 3.14. The third kappa shape index (κ3) is 2.78. The van der Waals surface area contributed by atoms with Gasteiger partial charge in [-0.3, -0.25) is 25.0 Å². The summed E-state index contributed by atoms with van der Waals surface area (Å²) in [7, 11) is 0. The number of amides is 3. The lowest BCUT2D eigenvalue weighted by molar-refractivity contribution is -0.135. The van der Waals surface area contributed by atoms with Crippen molar-refractivity contribution < 1.29 is 14.4 Å². The summed E-state index contributed by atoms with van der Waals surface area (Å²) in [5.74, 6) is -1.62. The van der Waals surface area contributed by atoms with Crippen LogP contribution in [0.15, 0.2) is 4.99 Å². The molecule has 1 saturated heterocycles. The summed E-state index contributed by atoms with van der Waals surface area (Å²) in [5, 5.41) is 4.43. The van der Waals surface area contributed by atoms with E-state index in [1.54, 1.807) is 4.90 Å². The van der Waals surface area contributed by atoms with Gasteiger partial charge in [0.25, 0.3) is 0 Å². The molecule has 1 rings (SSSR count). The molecule has 2 N–H and O–H groups in total. The highest BCUT2D eigenvalue weighted by Crippen LogP contribution is 1.90. The largest absolute Gasteiger partial charge is 0.342 e. The normalized spacial score (nSPS) is 14.5. The van der Waals surface area contributed by atoms with Gasteiger partial charge in [-0.2, -0.15) is 0 Å². The number of aliphatic imine (C=N–C) groups is 1. The van der Waals surface area contributed by atoms with Gasteiger partial charge in [-0.25, -0.2) is 4.99 Å². The Balaban J connectivity index is 2.51. The number of hydrogen-bond acceptors (Lipinski definition) is 4. The topological polar surface area (TPSA) is 90.9 Å². The van der Waals surface area contributed by atoms with Crippen LogP contribution in [0, 0.1) is 0 Å². The van der Waals surface area contributed by atoms with Crippen LogP contribution in [0.1, 0.15) is 13.8 Å². The summed E-state index contributed by atoms with van der Waals surface area (Å²) in [4.78, 5) is 38.5. The van der Waals surface area contributed by atoms with Gasteiger partial charge in [0.15, 0.2) is 0 Å². The molecular weight excluding hydrogens is 212 g/mol. The molecule has 0 unspecified atom stereocenters. The number of hydrogen-bond donors (Lipinski definition) is 2. The quantitative estimate of drug-likeness (QED) is 0.569. The van der Waals surface area contributed by atoms with E-state index in [9.17, 15) is 14.4 Å². The average molecular weight is 226 g/mol. The fourth-order valence-electron chi connectivity index (χ4n) is 1.26. The highest BCUT2D eigenvalue weighted by molar-refractivity contribution is 6.45. The third-order valence-electron chi connectivity index (χ3n) is 2.16. The average Bonchev–Trinajstić information content (AvgIpc) is 2.57. The van der Waals surface area contributed by atoms with Gasteiger partial charge in [-0.15, -0.1) is 0 Å². The van der Waals surface area contributed by atoms with Crippen molar-refractivity contribution in [3.8, 4) is 0 Å². The van der Waals surface area contributed by atoms with Crippen LogP contribution >= 0.6 is 0 Å². The van der Waals surface area contributed by atoms with Crippen molar-refractivity contribution in [1.29, 1.82) is 0 Å². The Bertz CT molecular complexity index is 329. The first-order chi connectivity index (χ1) is 7.58. The molecule has 0 radical (unpaired) electrons. The van der Waals surface area contributed by atoms with E-state index in [0.29, 0.717) is 13.1 Å². The molecule has 0 aliphatic carbocycles. The molecule has 0 aromatic rings. The second kappa shape index (κ2) is 5.24. The minimum Gasteiger partial charge on any atom is -0.342 e. The summed E-state index contributed by atoms with van der Waals surface area (Å²) in [6.45, 7) is 4.87. The third-order valence-corrected chi connectivity index (χ3v) is 2.16. The molecule has 1 aliphatic rings. The summed E-state index contributed by atoms with van der Waals surface area (Å²) in [6.07, 6.45) is 0. The number of carbonyl (C=O) groups excluding carboxylic acids is 3. The van der Waals surface area contributed by atoms with E-state index < -0.39 is 11.8 Å². The fraction of sp³-hybridized carbons (Fsp3) is 0.556. The van der Waals surface area contributed by atoms with Crippen LogP contribution < -0.4 is 10.6 Å². The lowest BCUT2D eigenvalue weighted by Gasteiger charge is -2.17. The highest BCUT2D eigenvalue weighted by atomic mass is 16.2. The Kier molecular flexibility index (Phi) is 3.98. The van der Waals surface area contributed by atoms with Crippen LogP contribution in [0.5, 0.6) is 0 Å². The lowest BCUT2D eigenvalue weighted by Crippen LogP contribution is -2.34. The van der Waals surface area contributed by atoms with Crippen molar-refractivity contribution in [3.05, 3.63) is 0 Å². The Morgan fingerprint density at radius 3 is 2.12 bits per heavy atom. The standard InChI is InChI=1S/C9H14N4O3/c1-3-13(4-2)6(14)5-10-9-11-7(15)8(16)12-9/h3-5H2,1-2H3,(H2,10,11,12,15,16). The molecule has 3 amide bonds. The number of nitrogens with zero attached hydrogens (tertiary/aromatic N) is 2. The van der Waals surface area contributed by atoms with Crippen molar-refractivity contribution in [2.24, 2.45) is 4.99 Å². The van der Waals surface area contributed by atoms with Crippen molar-refractivity contribution >= 4 is 23.7 Å². The molecular formula is C9H14N4O3. The molecule has 0 saturated carbocycles. The van der Waals surface area contributed by atoms with Gasteiger partial charge in [-0.05, 0) is 13.8 Å². The van der Waals surface area contributed by atoms with E-state index in [0.717, 1.165) is 0 Å². The maximum atomic E-state index is 11.5. The number of likely N-dealkylation sites (N-methyl/N-ethyl adjacent to an activating group) is 1. The first-order valence-electron chi connectivity index (χ1n) is 5.03. The van der Waals surface area contributed by atoms with Gasteiger partial charge in [0.2, 0.25) is 11.9 Å². The highest BCUT2D eigenvalue weighted by Gasteiger charge is 2.25. The van der Waals surface area contributed by atoms with Crippen molar-refractivity contribution in [1.82, 2.24) is 15.5 Å². The van der Waals surface area contributed by atoms with E-state index in [1.165, 1.54) is 0 Å². The van der Waals surface area contributed by atoms with Crippen molar-refractivity contribution in [2.75, 3.05) is 19.6 Å². The molecule has 0 bridgehead atoms. The molecule has 7 nitrogen and oxygen atoms in total. The van der Waals surface area contributed by atoms with Crippen LogP contribution in [-0.4, -0.2) is 48.2 Å². The predicted molar refractivity (Wildman–Crippen MR) is 56.5 cm³/mol. The number of guanidine groups is 1. The van der Waals surface area contributed by atoms with Crippen LogP contribution in [0.2, 0.25) is 0 Å². The number of carbonyl (C=O) groups is 3. The predicted octanol–water partition coefficient (Wildman–Crippen LogP) is -1.54. The summed E-state index contributed by atoms with van der Waals surface area (Å²) in [5.41, 5.74) is 0. The Labute approximate surface area is 92.9 Å². The van der Waals surface area contributed by atoms with Gasteiger partial charge in [0.1, 0.15) is 6.54 Å². The molecule has 0 atom stereocenters. The van der Waals surface area contributed by atoms with Crippen LogP contribution in [-0.2, 0) is 14.4 Å². The number of rotatable bonds is 4. The molecule has 0 spiro atoms. The van der Waals surface area contributed by atoms with Crippen molar-refractivity contribution in [2.45, 2.75) is 13.8 Å². The molecule has 0 aromatic carbocycles. The lowest BCUT2D eigenvalue weighted by atomic mass is 10.4. The molecule has 1 aliphatic heterocycles. The van der Waals surface area contributed by atoms with Crippen LogP contribution in [0.25, 0.3) is 0 Å². The summed E-state index contributed by atoms with van der Waals surface area (Å²) in [6, 6.07) is 0. The van der Waals surface area contributed by atoms with Gasteiger partial charge in [-0.1, -0.05) is 0 Å². The summed E-state index contributed by atoms with van der Waals surface area (Å²) < 4.78 is 0. The fourth-order valence-corrected chi connectivity index (χ4v) is 1.26. The van der Waals surface area contributed by atoms with E-state index in [4.69, 9.17) is 0 Å². The van der Waals surface area contributed by atoms with Gasteiger partial charge in [0, 0.05) is 13.1 Å². The maximum absolute atomic E-state index is 11.5. The first kappa shape index (κ1) is 12.2. The zero-order valence-electron chi connectivity index (χ0n) is 9.24. The molecule has 88 valence electrons. The van der Waals surface area contributed by atoms with Gasteiger partial charge < -0.3 is 4.90 Å². The van der Waals surface area contributed by atoms with Crippen molar-refractivity contribution in [3.63, 3.8) is 0 Å². The molecule has 7 heteroatoms.